The number of para-hydroxylation sites is 1. The summed E-state index contributed by atoms with van der Waals surface area (Å²) in [5.74, 6) is -0.412. The number of sulfone groups is 1. The molecule has 0 spiro atoms. The van der Waals surface area contributed by atoms with E-state index in [0.717, 1.165) is 16.8 Å². The second-order valence-electron chi connectivity index (χ2n) is 9.15. The third-order valence-electron chi connectivity index (χ3n) is 6.58. The third kappa shape index (κ3) is 5.09. The molecule has 1 saturated heterocycles. The summed E-state index contributed by atoms with van der Waals surface area (Å²) in [6.07, 6.45) is 6.48. The van der Waals surface area contributed by atoms with E-state index in [1.54, 1.807) is 23.5 Å². The van der Waals surface area contributed by atoms with Crippen molar-refractivity contribution in [3.8, 4) is 11.4 Å². The van der Waals surface area contributed by atoms with Crippen molar-refractivity contribution in [2.45, 2.75) is 37.3 Å². The maximum Gasteiger partial charge on any atom is 0.234 e. The molecule has 1 unspecified atom stereocenters. The lowest BCUT2D eigenvalue weighted by Crippen LogP contribution is -2.42. The monoisotopic (exact) mass is 573 g/mol. The molecule has 2 N–H and O–H groups in total. The molecule has 2 aromatic carbocycles. The number of carbonyl (C=O) groups is 1. The van der Waals surface area contributed by atoms with Crippen molar-refractivity contribution in [3.63, 3.8) is 0 Å². The number of amides is 1. The number of aryl methyl sites for hydroxylation is 1. The number of likely N-dealkylation sites (tertiary alicyclic amines) is 1. The summed E-state index contributed by atoms with van der Waals surface area (Å²) in [5.41, 5.74) is 8.12. The number of hydrogen-bond acceptors (Lipinski definition) is 7. The molecule has 0 bridgehead atoms. The van der Waals surface area contributed by atoms with E-state index in [4.69, 9.17) is 33.7 Å². The molecule has 12 heteroatoms. The molecule has 4 aromatic rings. The van der Waals surface area contributed by atoms with Crippen molar-refractivity contribution in [2.75, 3.05) is 12.4 Å². The molecule has 2 aromatic heterocycles. The van der Waals surface area contributed by atoms with E-state index in [0.29, 0.717) is 36.2 Å². The average molecular weight is 574 g/mol. The molecule has 1 amide bonds. The summed E-state index contributed by atoms with van der Waals surface area (Å²) in [7, 11) is -3.88. The number of ether oxygens (including phenoxy) is 1. The van der Waals surface area contributed by atoms with Gasteiger partial charge in [-0.1, -0.05) is 35.3 Å². The van der Waals surface area contributed by atoms with Gasteiger partial charge >= 0.3 is 0 Å². The molecule has 0 saturated carbocycles. The average Bonchev–Trinajstić information content (AvgIpc) is 3.55. The largest absolute Gasteiger partial charge is 0.487 e. The normalized spacial score (nSPS) is 16.2. The lowest BCUT2D eigenvalue weighted by Gasteiger charge is -2.22. The second-order valence-corrected chi connectivity index (χ2v) is 11.9. The third-order valence-corrected chi connectivity index (χ3v) is 9.16. The van der Waals surface area contributed by atoms with Crippen LogP contribution in [0.1, 0.15) is 24.1 Å². The predicted molar refractivity (Wildman–Crippen MR) is 145 cm³/mol. The molecule has 1 fully saturated rings. The van der Waals surface area contributed by atoms with Crippen LogP contribution in [0.25, 0.3) is 16.6 Å². The number of fused-ring (bicyclic) bond motifs is 1. The first-order chi connectivity index (χ1) is 18.2. The Morgan fingerprint density at radius 3 is 2.79 bits per heavy atom. The van der Waals surface area contributed by atoms with Gasteiger partial charge in [0.25, 0.3) is 0 Å². The van der Waals surface area contributed by atoms with E-state index in [-0.39, 0.29) is 27.4 Å². The number of primary amides is 1. The Labute approximate surface area is 230 Å². The number of benzene rings is 2. The van der Waals surface area contributed by atoms with E-state index in [1.807, 2.05) is 35.9 Å². The first kappa shape index (κ1) is 26.4. The molecule has 0 aliphatic carbocycles. The number of hydrogen-bond donors (Lipinski definition) is 1. The van der Waals surface area contributed by atoms with Gasteiger partial charge in [-0.25, -0.2) is 18.4 Å². The summed E-state index contributed by atoms with van der Waals surface area (Å²) < 4.78 is 34.6. The van der Waals surface area contributed by atoms with Gasteiger partial charge in [-0.3, -0.25) is 9.69 Å². The maximum absolute atomic E-state index is 13.3. The number of halogens is 2. The van der Waals surface area contributed by atoms with Gasteiger partial charge in [-0.15, -0.1) is 0 Å². The summed E-state index contributed by atoms with van der Waals surface area (Å²) >= 11 is 13.0. The number of pyridine rings is 1. The van der Waals surface area contributed by atoms with Crippen molar-refractivity contribution < 1.29 is 17.9 Å². The SMILES string of the molecule is Cc1cc(-n2ccnc2)c2cccc(OCc3c(Cl)ccc(S(=O)(=O)CN4CCCC4C(N)=O)c3Cl)c2n1. The van der Waals surface area contributed by atoms with Crippen molar-refractivity contribution in [1.29, 1.82) is 0 Å². The summed E-state index contributed by atoms with van der Waals surface area (Å²) in [5, 5.41) is 1.11. The van der Waals surface area contributed by atoms with Crippen molar-refractivity contribution in [2.24, 2.45) is 5.73 Å². The molecular formula is C26H25Cl2N5O4S. The van der Waals surface area contributed by atoms with E-state index in [1.165, 1.54) is 12.1 Å². The van der Waals surface area contributed by atoms with Crippen LogP contribution in [-0.4, -0.2) is 52.2 Å². The van der Waals surface area contributed by atoms with E-state index in [9.17, 15) is 13.2 Å². The Bertz CT molecular complexity index is 1630. The van der Waals surface area contributed by atoms with Crippen LogP contribution in [0.4, 0.5) is 0 Å². The molecular weight excluding hydrogens is 549 g/mol. The number of nitrogens with zero attached hydrogens (tertiary/aromatic N) is 4. The molecule has 198 valence electrons. The van der Waals surface area contributed by atoms with Crippen LogP contribution >= 0.6 is 23.2 Å². The molecule has 0 radical (unpaired) electrons. The van der Waals surface area contributed by atoms with Crippen LogP contribution in [0, 0.1) is 6.92 Å². The highest BCUT2D eigenvalue weighted by Gasteiger charge is 2.34. The highest BCUT2D eigenvalue weighted by Crippen LogP contribution is 2.35. The Morgan fingerprint density at radius 1 is 1.24 bits per heavy atom. The minimum Gasteiger partial charge on any atom is -0.487 e. The first-order valence-corrected chi connectivity index (χ1v) is 14.3. The number of rotatable bonds is 8. The molecule has 1 aliphatic rings. The van der Waals surface area contributed by atoms with Crippen LogP contribution in [0.2, 0.25) is 10.0 Å². The molecule has 1 aliphatic heterocycles. The van der Waals surface area contributed by atoms with Gasteiger partial charge in [0.1, 0.15) is 23.7 Å². The molecule has 38 heavy (non-hydrogen) atoms. The van der Waals surface area contributed by atoms with Crippen LogP contribution in [0.5, 0.6) is 5.75 Å². The molecule has 3 heterocycles. The van der Waals surface area contributed by atoms with Gasteiger partial charge in [-0.2, -0.15) is 0 Å². The van der Waals surface area contributed by atoms with Crippen LogP contribution < -0.4 is 10.5 Å². The van der Waals surface area contributed by atoms with Crippen LogP contribution in [0.3, 0.4) is 0 Å². The fourth-order valence-electron chi connectivity index (χ4n) is 4.75. The summed E-state index contributed by atoms with van der Waals surface area (Å²) in [6, 6.07) is 9.77. The Kier molecular flexibility index (Phi) is 7.32. The zero-order valence-electron chi connectivity index (χ0n) is 20.5. The number of nitrogens with two attached hydrogens (primary N) is 1. The maximum atomic E-state index is 13.3. The first-order valence-electron chi connectivity index (χ1n) is 11.9. The van der Waals surface area contributed by atoms with Crippen molar-refractivity contribution in [1.82, 2.24) is 19.4 Å². The minimum atomic E-state index is -3.88. The molecule has 5 rings (SSSR count). The fourth-order valence-corrected chi connectivity index (χ4v) is 7.14. The van der Waals surface area contributed by atoms with Crippen molar-refractivity contribution >= 4 is 49.8 Å². The van der Waals surface area contributed by atoms with E-state index < -0.39 is 21.8 Å². The van der Waals surface area contributed by atoms with Gasteiger partial charge in [0.2, 0.25) is 5.91 Å². The van der Waals surface area contributed by atoms with Crippen molar-refractivity contribution in [3.05, 3.63) is 76.4 Å². The summed E-state index contributed by atoms with van der Waals surface area (Å²) in [4.78, 5) is 22.0. The topological polar surface area (TPSA) is 120 Å². The number of aromatic nitrogens is 3. The minimum absolute atomic E-state index is 0.0178. The highest BCUT2D eigenvalue weighted by molar-refractivity contribution is 7.91. The van der Waals surface area contributed by atoms with Gasteiger partial charge in [0.05, 0.1) is 28.0 Å². The Balaban J connectivity index is 1.45. The number of carbonyl (C=O) groups excluding carboxylic acids is 1. The quantitative estimate of drug-likeness (QED) is 0.333. The predicted octanol–water partition coefficient (Wildman–Crippen LogP) is 4.30. The van der Waals surface area contributed by atoms with E-state index >= 15 is 0 Å². The van der Waals surface area contributed by atoms with Gasteiger partial charge < -0.3 is 15.0 Å². The molecule has 1 atom stereocenters. The highest BCUT2D eigenvalue weighted by atomic mass is 35.5. The number of imidazole rings is 1. The smallest absolute Gasteiger partial charge is 0.234 e. The lowest BCUT2D eigenvalue weighted by molar-refractivity contribution is -0.121. The van der Waals surface area contributed by atoms with Gasteiger partial charge in [0.15, 0.2) is 9.84 Å². The zero-order valence-corrected chi connectivity index (χ0v) is 22.8. The Hall–Kier alpha value is -3.18. The fraction of sp³-hybridized carbons (Fsp3) is 0.269. The van der Waals surface area contributed by atoms with Crippen LogP contribution in [0.15, 0.2) is 60.0 Å². The summed E-state index contributed by atoms with van der Waals surface area (Å²) in [6.45, 7) is 2.27. The van der Waals surface area contributed by atoms with Gasteiger partial charge in [0, 0.05) is 40.6 Å². The second kappa shape index (κ2) is 10.5. The zero-order chi connectivity index (χ0) is 27.0. The standard InChI is InChI=1S/C26H25Cl2N5O4S/c1-16-12-21(32-11-9-30-14-32)17-4-2-6-22(25(17)31-16)37-13-18-19(27)7-8-23(24(18)28)38(35,36)15-33-10-3-5-20(33)26(29)34/h2,4,6-9,11-12,14,20H,3,5,10,13,15H2,1H3,(H2,29,34). The van der Waals surface area contributed by atoms with Gasteiger partial charge in [-0.05, 0) is 44.0 Å². The van der Waals surface area contributed by atoms with Crippen LogP contribution in [-0.2, 0) is 21.2 Å². The van der Waals surface area contributed by atoms with E-state index in [2.05, 4.69) is 9.97 Å². The molecule has 9 nitrogen and oxygen atoms in total. The lowest BCUT2D eigenvalue weighted by atomic mass is 10.1. The Morgan fingerprint density at radius 2 is 2.05 bits per heavy atom.